The zero-order chi connectivity index (χ0) is 18.6. The highest BCUT2D eigenvalue weighted by molar-refractivity contribution is 5.99. The molecular weight excluding hydrogens is 342 g/mol. The monoisotopic (exact) mass is 365 g/mol. The molecule has 4 rings (SSSR count). The summed E-state index contributed by atoms with van der Waals surface area (Å²) in [6, 6.07) is 15.1. The van der Waals surface area contributed by atoms with E-state index in [2.05, 4.69) is 15.5 Å². The van der Waals surface area contributed by atoms with Crippen molar-refractivity contribution in [2.24, 2.45) is 0 Å². The van der Waals surface area contributed by atoms with Gasteiger partial charge in [0.25, 0.3) is 11.8 Å². The van der Waals surface area contributed by atoms with E-state index in [0.717, 1.165) is 25.2 Å². The van der Waals surface area contributed by atoms with Crippen molar-refractivity contribution in [3.05, 3.63) is 59.7 Å². The standard InChI is InChI=1S/C21H23N3O3/c25-20-14-27-19-12-16(8-9-17(19)22-20)21(26)23-18(13-24-10-4-5-11-24)15-6-2-1-3-7-15/h1-3,6-9,12,18H,4-5,10-11,13-14H2,(H,22,25)(H,23,26). The molecule has 2 heterocycles. The first-order chi connectivity index (χ1) is 13.2. The Hall–Kier alpha value is -2.86. The van der Waals surface area contributed by atoms with Crippen LogP contribution in [0.1, 0.15) is 34.8 Å². The van der Waals surface area contributed by atoms with E-state index in [1.807, 2.05) is 30.3 Å². The minimum absolute atomic E-state index is 0.0281. The minimum atomic E-state index is -0.186. The molecule has 1 fully saturated rings. The van der Waals surface area contributed by atoms with E-state index in [1.54, 1.807) is 18.2 Å². The number of hydrogen-bond acceptors (Lipinski definition) is 4. The predicted molar refractivity (Wildman–Crippen MR) is 103 cm³/mol. The summed E-state index contributed by atoms with van der Waals surface area (Å²) < 4.78 is 5.42. The second-order valence-corrected chi connectivity index (χ2v) is 6.99. The molecule has 2 N–H and O–H groups in total. The summed E-state index contributed by atoms with van der Waals surface area (Å²) >= 11 is 0. The van der Waals surface area contributed by atoms with E-state index < -0.39 is 0 Å². The van der Waals surface area contributed by atoms with Gasteiger partial charge in [-0.25, -0.2) is 0 Å². The van der Waals surface area contributed by atoms with Crippen LogP contribution in [0.25, 0.3) is 0 Å². The van der Waals surface area contributed by atoms with Crippen molar-refractivity contribution >= 4 is 17.5 Å². The third-order valence-corrected chi connectivity index (χ3v) is 5.02. The Balaban J connectivity index is 1.52. The van der Waals surface area contributed by atoms with E-state index in [1.165, 1.54) is 12.8 Å². The van der Waals surface area contributed by atoms with Crippen molar-refractivity contribution in [1.82, 2.24) is 10.2 Å². The molecule has 0 radical (unpaired) electrons. The number of nitrogens with zero attached hydrogens (tertiary/aromatic N) is 1. The lowest BCUT2D eigenvalue weighted by Gasteiger charge is -2.25. The summed E-state index contributed by atoms with van der Waals surface area (Å²) in [7, 11) is 0. The fraction of sp³-hybridized carbons (Fsp3) is 0.333. The summed E-state index contributed by atoms with van der Waals surface area (Å²) in [4.78, 5) is 26.7. The highest BCUT2D eigenvalue weighted by Crippen LogP contribution is 2.29. The molecule has 0 aromatic heterocycles. The Kier molecular flexibility index (Phi) is 5.07. The van der Waals surface area contributed by atoms with Gasteiger partial charge in [-0.1, -0.05) is 30.3 Å². The number of anilines is 1. The van der Waals surface area contributed by atoms with Crippen LogP contribution in [0.4, 0.5) is 5.69 Å². The fourth-order valence-electron chi connectivity index (χ4n) is 3.60. The van der Waals surface area contributed by atoms with Crippen LogP contribution in [0, 0.1) is 0 Å². The van der Waals surface area contributed by atoms with Gasteiger partial charge in [0.2, 0.25) is 0 Å². The quantitative estimate of drug-likeness (QED) is 0.854. The minimum Gasteiger partial charge on any atom is -0.482 e. The van der Waals surface area contributed by atoms with Gasteiger partial charge in [0.05, 0.1) is 11.7 Å². The number of nitrogens with one attached hydrogen (secondary N) is 2. The van der Waals surface area contributed by atoms with Gasteiger partial charge in [0, 0.05) is 12.1 Å². The van der Waals surface area contributed by atoms with Gasteiger partial charge in [0.15, 0.2) is 6.61 Å². The number of rotatable bonds is 5. The van der Waals surface area contributed by atoms with E-state index in [0.29, 0.717) is 17.0 Å². The maximum Gasteiger partial charge on any atom is 0.262 e. The van der Waals surface area contributed by atoms with Gasteiger partial charge in [-0.2, -0.15) is 0 Å². The molecule has 0 spiro atoms. The second-order valence-electron chi connectivity index (χ2n) is 6.99. The molecule has 2 amide bonds. The van der Waals surface area contributed by atoms with Crippen LogP contribution in [0.3, 0.4) is 0 Å². The Morgan fingerprint density at radius 1 is 1.15 bits per heavy atom. The number of fused-ring (bicyclic) bond motifs is 1. The first kappa shape index (κ1) is 17.5. The normalized spacial score (nSPS) is 17.6. The smallest absolute Gasteiger partial charge is 0.262 e. The maximum atomic E-state index is 12.9. The Bertz CT molecular complexity index is 832. The summed E-state index contributed by atoms with van der Waals surface area (Å²) in [5.41, 5.74) is 2.21. The van der Waals surface area contributed by atoms with Crippen molar-refractivity contribution in [2.45, 2.75) is 18.9 Å². The van der Waals surface area contributed by atoms with Crippen LogP contribution in [0.2, 0.25) is 0 Å². The zero-order valence-corrected chi connectivity index (χ0v) is 15.1. The van der Waals surface area contributed by atoms with E-state index >= 15 is 0 Å². The number of amides is 2. The topological polar surface area (TPSA) is 70.7 Å². The van der Waals surface area contributed by atoms with Crippen molar-refractivity contribution in [2.75, 3.05) is 31.6 Å². The molecule has 140 valence electrons. The summed E-state index contributed by atoms with van der Waals surface area (Å²) in [6.07, 6.45) is 2.42. The third-order valence-electron chi connectivity index (χ3n) is 5.02. The van der Waals surface area contributed by atoms with Gasteiger partial charge in [-0.3, -0.25) is 9.59 Å². The van der Waals surface area contributed by atoms with Crippen molar-refractivity contribution in [3.8, 4) is 5.75 Å². The number of benzene rings is 2. The van der Waals surface area contributed by atoms with E-state index in [9.17, 15) is 9.59 Å². The molecule has 2 aromatic carbocycles. The van der Waals surface area contributed by atoms with Crippen molar-refractivity contribution < 1.29 is 14.3 Å². The van der Waals surface area contributed by atoms with Gasteiger partial charge >= 0.3 is 0 Å². The predicted octanol–water partition coefficient (Wildman–Crippen LogP) is 2.58. The number of likely N-dealkylation sites (tertiary alicyclic amines) is 1. The molecule has 1 saturated heterocycles. The summed E-state index contributed by atoms with van der Waals surface area (Å²) in [6.45, 7) is 2.92. The molecule has 1 atom stereocenters. The van der Waals surface area contributed by atoms with Crippen LogP contribution >= 0.6 is 0 Å². The van der Waals surface area contributed by atoms with Gasteiger partial charge in [-0.15, -0.1) is 0 Å². The summed E-state index contributed by atoms with van der Waals surface area (Å²) in [5.74, 6) is 0.193. The van der Waals surface area contributed by atoms with Crippen LogP contribution in [0.5, 0.6) is 5.75 Å². The van der Waals surface area contributed by atoms with E-state index in [-0.39, 0.29) is 24.5 Å². The maximum absolute atomic E-state index is 12.9. The van der Waals surface area contributed by atoms with Crippen LogP contribution in [-0.4, -0.2) is 43.0 Å². The second kappa shape index (κ2) is 7.80. The summed E-state index contributed by atoms with van der Waals surface area (Å²) in [5, 5.41) is 5.91. The lowest BCUT2D eigenvalue weighted by molar-refractivity contribution is -0.118. The fourth-order valence-corrected chi connectivity index (χ4v) is 3.60. The molecule has 27 heavy (non-hydrogen) atoms. The molecule has 0 bridgehead atoms. The first-order valence-corrected chi connectivity index (χ1v) is 9.34. The van der Waals surface area contributed by atoms with Gasteiger partial charge in [0.1, 0.15) is 5.75 Å². The number of carbonyl (C=O) groups excluding carboxylic acids is 2. The molecular formula is C21H23N3O3. The zero-order valence-electron chi connectivity index (χ0n) is 15.1. The Labute approximate surface area is 158 Å². The Morgan fingerprint density at radius 3 is 2.70 bits per heavy atom. The van der Waals surface area contributed by atoms with Gasteiger partial charge < -0.3 is 20.3 Å². The molecule has 0 aliphatic carbocycles. The van der Waals surface area contributed by atoms with Crippen molar-refractivity contribution in [3.63, 3.8) is 0 Å². The SMILES string of the molecule is O=C1COc2cc(C(=O)NC(CN3CCCC3)c3ccccc3)ccc2N1. The van der Waals surface area contributed by atoms with Crippen LogP contribution < -0.4 is 15.4 Å². The van der Waals surface area contributed by atoms with Crippen LogP contribution in [0.15, 0.2) is 48.5 Å². The molecule has 0 saturated carbocycles. The number of ether oxygens (including phenoxy) is 1. The number of carbonyl (C=O) groups is 2. The van der Waals surface area contributed by atoms with Crippen molar-refractivity contribution in [1.29, 1.82) is 0 Å². The van der Waals surface area contributed by atoms with E-state index in [4.69, 9.17) is 4.74 Å². The molecule has 6 heteroatoms. The number of hydrogen-bond donors (Lipinski definition) is 2. The lowest BCUT2D eigenvalue weighted by atomic mass is 10.1. The highest BCUT2D eigenvalue weighted by Gasteiger charge is 2.23. The first-order valence-electron chi connectivity index (χ1n) is 9.34. The molecule has 2 aliphatic rings. The lowest BCUT2D eigenvalue weighted by Crippen LogP contribution is -2.37. The largest absolute Gasteiger partial charge is 0.482 e. The molecule has 6 nitrogen and oxygen atoms in total. The Morgan fingerprint density at radius 2 is 1.93 bits per heavy atom. The van der Waals surface area contributed by atoms with Crippen LogP contribution in [-0.2, 0) is 4.79 Å². The average molecular weight is 365 g/mol. The molecule has 2 aromatic rings. The average Bonchev–Trinajstić information content (AvgIpc) is 3.21. The van der Waals surface area contributed by atoms with Gasteiger partial charge in [-0.05, 0) is 49.7 Å². The molecule has 2 aliphatic heterocycles. The third kappa shape index (κ3) is 4.11. The highest BCUT2D eigenvalue weighted by atomic mass is 16.5. The molecule has 1 unspecified atom stereocenters.